The molecule has 0 fully saturated rings. The van der Waals surface area contributed by atoms with E-state index in [0.29, 0.717) is 0 Å². The molecule has 0 spiro atoms. The van der Waals surface area contributed by atoms with Gasteiger partial charge in [0.1, 0.15) is 5.75 Å². The second-order valence-electron chi connectivity index (χ2n) is 5.43. The lowest BCUT2D eigenvalue weighted by molar-refractivity contribution is -0.116. The average molecular weight is 317 g/mol. The van der Waals surface area contributed by atoms with E-state index in [-0.39, 0.29) is 5.91 Å². The first-order valence-electron chi connectivity index (χ1n) is 7.79. The van der Waals surface area contributed by atoms with Gasteiger partial charge in [-0.05, 0) is 39.6 Å². The summed E-state index contributed by atoms with van der Waals surface area (Å²) >= 11 is 0. The zero-order valence-electron chi connectivity index (χ0n) is 13.7. The Kier molecular flexibility index (Phi) is 4.62. The number of nitrogens with one attached hydrogen (secondary N) is 1. The van der Waals surface area contributed by atoms with Crippen LogP contribution in [-0.2, 0) is 4.79 Å². The van der Waals surface area contributed by atoms with Crippen molar-refractivity contribution in [2.24, 2.45) is 0 Å². The molecular formula is C21H19NO2. The number of methoxy groups -OCH3 is 1. The predicted molar refractivity (Wildman–Crippen MR) is 98.1 cm³/mol. The lowest BCUT2D eigenvalue weighted by Crippen LogP contribution is -2.15. The summed E-state index contributed by atoms with van der Waals surface area (Å²) in [4.78, 5) is 12.0. The standard InChI is InChI=1S/C21H19NO2/c1-22-21(23)14-20(16-10-12-17(24-2)13-11-16)19-9-5-7-15-6-3-4-8-18(15)19/h3-14H,1-2H3,(H,22,23)/b20-14+. The highest BCUT2D eigenvalue weighted by atomic mass is 16.5. The third-order valence-electron chi connectivity index (χ3n) is 4.00. The zero-order chi connectivity index (χ0) is 16.9. The molecule has 0 heterocycles. The van der Waals surface area contributed by atoms with Gasteiger partial charge in [0.2, 0.25) is 5.91 Å². The molecule has 3 aromatic rings. The molecule has 120 valence electrons. The molecule has 0 atom stereocenters. The fourth-order valence-electron chi connectivity index (χ4n) is 2.75. The van der Waals surface area contributed by atoms with Crippen LogP contribution in [0.15, 0.2) is 72.8 Å². The Morgan fingerprint density at radius 2 is 1.67 bits per heavy atom. The second-order valence-corrected chi connectivity index (χ2v) is 5.43. The molecule has 3 heteroatoms. The Hall–Kier alpha value is -3.07. The summed E-state index contributed by atoms with van der Waals surface area (Å²) in [7, 11) is 3.27. The van der Waals surface area contributed by atoms with Gasteiger partial charge in [-0.3, -0.25) is 4.79 Å². The highest BCUT2D eigenvalue weighted by molar-refractivity contribution is 6.04. The average Bonchev–Trinajstić information content (AvgIpc) is 2.65. The molecule has 24 heavy (non-hydrogen) atoms. The van der Waals surface area contributed by atoms with E-state index in [1.165, 1.54) is 0 Å². The van der Waals surface area contributed by atoms with Gasteiger partial charge in [-0.1, -0.05) is 54.6 Å². The molecule has 0 radical (unpaired) electrons. The molecule has 1 amide bonds. The summed E-state index contributed by atoms with van der Waals surface area (Å²) in [6.45, 7) is 0. The maximum Gasteiger partial charge on any atom is 0.244 e. The summed E-state index contributed by atoms with van der Waals surface area (Å²) in [6.07, 6.45) is 1.64. The molecule has 0 aromatic heterocycles. The second kappa shape index (κ2) is 7.01. The van der Waals surface area contributed by atoms with Crippen LogP contribution in [0.25, 0.3) is 16.3 Å². The Morgan fingerprint density at radius 1 is 0.958 bits per heavy atom. The number of amides is 1. The van der Waals surface area contributed by atoms with Crippen LogP contribution in [-0.4, -0.2) is 20.1 Å². The van der Waals surface area contributed by atoms with E-state index in [4.69, 9.17) is 4.74 Å². The number of benzene rings is 3. The molecule has 0 unspecified atom stereocenters. The first kappa shape index (κ1) is 15.8. The number of fused-ring (bicyclic) bond motifs is 1. The number of rotatable bonds is 4. The minimum absolute atomic E-state index is 0.131. The quantitative estimate of drug-likeness (QED) is 0.738. The van der Waals surface area contributed by atoms with Gasteiger partial charge in [0.25, 0.3) is 0 Å². The highest BCUT2D eigenvalue weighted by Gasteiger charge is 2.11. The molecule has 0 aliphatic heterocycles. The third kappa shape index (κ3) is 3.15. The number of carbonyl (C=O) groups is 1. The smallest absolute Gasteiger partial charge is 0.244 e. The van der Waals surface area contributed by atoms with Gasteiger partial charge in [0.05, 0.1) is 7.11 Å². The van der Waals surface area contributed by atoms with Crippen molar-refractivity contribution in [1.29, 1.82) is 0 Å². The summed E-state index contributed by atoms with van der Waals surface area (Å²) < 4.78 is 5.23. The molecule has 0 aliphatic carbocycles. The van der Waals surface area contributed by atoms with E-state index in [0.717, 1.165) is 33.2 Å². The fourth-order valence-corrected chi connectivity index (χ4v) is 2.75. The summed E-state index contributed by atoms with van der Waals surface area (Å²) in [6, 6.07) is 22.0. The van der Waals surface area contributed by atoms with E-state index < -0.39 is 0 Å². The summed E-state index contributed by atoms with van der Waals surface area (Å²) in [5.74, 6) is 0.657. The Labute approximate surface area is 141 Å². The van der Waals surface area contributed by atoms with Crippen LogP contribution in [0.5, 0.6) is 5.75 Å². The van der Waals surface area contributed by atoms with Crippen molar-refractivity contribution in [2.75, 3.05) is 14.2 Å². The van der Waals surface area contributed by atoms with Crippen LogP contribution in [0.4, 0.5) is 0 Å². The number of ether oxygens (including phenoxy) is 1. The van der Waals surface area contributed by atoms with Gasteiger partial charge in [-0.15, -0.1) is 0 Å². The van der Waals surface area contributed by atoms with Crippen LogP contribution in [0.1, 0.15) is 11.1 Å². The Balaban J connectivity index is 2.20. The minimum atomic E-state index is -0.131. The van der Waals surface area contributed by atoms with E-state index in [2.05, 4.69) is 23.5 Å². The van der Waals surface area contributed by atoms with Crippen molar-refractivity contribution < 1.29 is 9.53 Å². The zero-order valence-corrected chi connectivity index (χ0v) is 13.7. The molecule has 0 bridgehead atoms. The summed E-state index contributed by atoms with van der Waals surface area (Å²) in [5.41, 5.74) is 2.88. The van der Waals surface area contributed by atoms with E-state index in [9.17, 15) is 4.79 Å². The molecule has 3 rings (SSSR count). The van der Waals surface area contributed by atoms with Crippen LogP contribution in [0.2, 0.25) is 0 Å². The molecule has 3 nitrogen and oxygen atoms in total. The minimum Gasteiger partial charge on any atom is -0.497 e. The molecule has 1 N–H and O–H groups in total. The van der Waals surface area contributed by atoms with E-state index >= 15 is 0 Å². The van der Waals surface area contributed by atoms with E-state index in [1.807, 2.05) is 48.5 Å². The van der Waals surface area contributed by atoms with Crippen LogP contribution in [0, 0.1) is 0 Å². The van der Waals surface area contributed by atoms with Crippen LogP contribution >= 0.6 is 0 Å². The Bertz CT molecular complexity index is 890. The molecular weight excluding hydrogens is 298 g/mol. The number of carbonyl (C=O) groups excluding carboxylic acids is 1. The maximum absolute atomic E-state index is 12.0. The lowest BCUT2D eigenvalue weighted by atomic mass is 9.93. The topological polar surface area (TPSA) is 38.3 Å². The van der Waals surface area contributed by atoms with Crippen molar-refractivity contribution in [3.63, 3.8) is 0 Å². The van der Waals surface area contributed by atoms with Crippen molar-refractivity contribution in [3.05, 3.63) is 83.9 Å². The fraction of sp³-hybridized carbons (Fsp3) is 0.0952. The SMILES string of the molecule is CNC(=O)/C=C(\c1ccc(OC)cc1)c1cccc2ccccc12. The van der Waals surface area contributed by atoms with Crippen molar-refractivity contribution in [2.45, 2.75) is 0 Å². The monoisotopic (exact) mass is 317 g/mol. The highest BCUT2D eigenvalue weighted by Crippen LogP contribution is 2.30. The van der Waals surface area contributed by atoms with Gasteiger partial charge in [0, 0.05) is 13.1 Å². The van der Waals surface area contributed by atoms with Crippen LogP contribution < -0.4 is 10.1 Å². The molecule has 0 saturated carbocycles. The predicted octanol–water partition coefficient (Wildman–Crippen LogP) is 4.03. The normalized spacial score (nSPS) is 11.3. The van der Waals surface area contributed by atoms with Gasteiger partial charge in [0.15, 0.2) is 0 Å². The van der Waals surface area contributed by atoms with Crippen molar-refractivity contribution >= 4 is 22.3 Å². The first-order chi connectivity index (χ1) is 11.7. The number of hydrogen-bond acceptors (Lipinski definition) is 2. The van der Waals surface area contributed by atoms with Crippen molar-refractivity contribution in [1.82, 2.24) is 5.32 Å². The summed E-state index contributed by atoms with van der Waals surface area (Å²) in [5, 5.41) is 4.93. The largest absolute Gasteiger partial charge is 0.497 e. The third-order valence-corrected chi connectivity index (χ3v) is 4.00. The lowest BCUT2D eigenvalue weighted by Gasteiger charge is -2.12. The molecule has 3 aromatic carbocycles. The van der Waals surface area contributed by atoms with Gasteiger partial charge in [-0.2, -0.15) is 0 Å². The maximum atomic E-state index is 12.0. The first-order valence-corrected chi connectivity index (χ1v) is 7.79. The van der Waals surface area contributed by atoms with Crippen LogP contribution in [0.3, 0.4) is 0 Å². The van der Waals surface area contributed by atoms with Gasteiger partial charge < -0.3 is 10.1 Å². The Morgan fingerprint density at radius 3 is 2.38 bits per heavy atom. The number of hydrogen-bond donors (Lipinski definition) is 1. The van der Waals surface area contributed by atoms with Gasteiger partial charge >= 0.3 is 0 Å². The molecule has 0 saturated heterocycles. The number of likely N-dealkylation sites (N-methyl/N-ethyl adjacent to an activating group) is 1. The van der Waals surface area contributed by atoms with E-state index in [1.54, 1.807) is 20.2 Å². The van der Waals surface area contributed by atoms with Crippen molar-refractivity contribution in [3.8, 4) is 5.75 Å². The van der Waals surface area contributed by atoms with Gasteiger partial charge in [-0.25, -0.2) is 0 Å². The molecule has 0 aliphatic rings.